The van der Waals surface area contributed by atoms with E-state index in [0.717, 1.165) is 19.3 Å². The van der Waals surface area contributed by atoms with Crippen LogP contribution in [0.3, 0.4) is 0 Å². The minimum Gasteiger partial charge on any atom is -0.395 e. The Morgan fingerprint density at radius 2 is 2.00 bits per heavy atom. The number of rotatable bonds is 7. The Balaban J connectivity index is 3.77. The van der Waals surface area contributed by atoms with Crippen molar-refractivity contribution in [1.82, 2.24) is 4.72 Å². The summed E-state index contributed by atoms with van der Waals surface area (Å²) in [5, 5.41) is 7.94. The molecule has 0 aliphatic rings. The maximum Gasteiger partial charge on any atom is 0.216 e. The summed E-state index contributed by atoms with van der Waals surface area (Å²) in [5.74, 6) is 0. The number of aliphatic hydroxyl groups excluding tert-OH is 1. The Morgan fingerprint density at radius 1 is 1.38 bits per heavy atom. The summed E-state index contributed by atoms with van der Waals surface area (Å²) in [4.78, 5) is 0. The lowest BCUT2D eigenvalue weighted by molar-refractivity contribution is 0.295. The molecule has 0 aliphatic carbocycles. The van der Waals surface area contributed by atoms with E-state index in [1.54, 1.807) is 0 Å². The van der Waals surface area contributed by atoms with Crippen molar-refractivity contribution in [2.45, 2.75) is 38.4 Å². The first-order chi connectivity index (χ1) is 6.04. The van der Waals surface area contributed by atoms with Gasteiger partial charge in [0.1, 0.15) is 0 Å². The van der Waals surface area contributed by atoms with Gasteiger partial charge in [-0.1, -0.05) is 19.8 Å². The van der Waals surface area contributed by atoms with Crippen molar-refractivity contribution in [2.24, 2.45) is 0 Å². The fourth-order valence-electron chi connectivity index (χ4n) is 0.830. The van der Waals surface area contributed by atoms with Gasteiger partial charge in [0.05, 0.1) is 11.9 Å². The molecule has 0 radical (unpaired) electrons. The first kappa shape index (κ1) is 12.9. The molecule has 13 heavy (non-hydrogen) atoms. The lowest BCUT2D eigenvalue weighted by Crippen LogP contribution is -2.35. The lowest BCUT2D eigenvalue weighted by Gasteiger charge is -2.10. The second-order valence-corrected chi connectivity index (χ2v) is 5.32. The topological polar surface area (TPSA) is 66.4 Å². The second kappa shape index (κ2) is 6.34. The van der Waals surface area contributed by atoms with Crippen molar-refractivity contribution in [1.29, 1.82) is 0 Å². The summed E-state index contributed by atoms with van der Waals surface area (Å²) >= 11 is 0. The first-order valence-corrected chi connectivity index (χ1v) is 6.18. The zero-order valence-electron chi connectivity index (χ0n) is 8.28. The zero-order valence-corrected chi connectivity index (χ0v) is 9.10. The quantitative estimate of drug-likeness (QED) is 0.599. The van der Waals surface area contributed by atoms with Gasteiger partial charge in [0.25, 0.3) is 0 Å². The van der Waals surface area contributed by atoms with Crippen LogP contribution in [0.2, 0.25) is 0 Å². The summed E-state index contributed by atoms with van der Waals surface area (Å²) in [6.45, 7) is 3.69. The third-order valence-electron chi connectivity index (χ3n) is 1.87. The van der Waals surface area contributed by atoms with Gasteiger partial charge in [-0.3, -0.25) is 0 Å². The molecular weight excluding hydrogens is 190 g/mol. The maximum atomic E-state index is 11.3. The molecular formula is C8H19NO3S. The van der Waals surface area contributed by atoms with E-state index in [1.165, 1.54) is 6.92 Å². The van der Waals surface area contributed by atoms with E-state index in [0.29, 0.717) is 6.54 Å². The lowest BCUT2D eigenvalue weighted by atomic mass is 10.3. The fraction of sp³-hybridized carbons (Fsp3) is 1.00. The van der Waals surface area contributed by atoms with Gasteiger partial charge < -0.3 is 5.11 Å². The molecule has 0 rings (SSSR count). The third kappa shape index (κ3) is 5.23. The zero-order chi connectivity index (χ0) is 10.3. The van der Waals surface area contributed by atoms with Crippen molar-refractivity contribution in [2.75, 3.05) is 13.2 Å². The van der Waals surface area contributed by atoms with Crippen LogP contribution in [0.5, 0.6) is 0 Å². The van der Waals surface area contributed by atoms with E-state index in [4.69, 9.17) is 5.11 Å². The standard InChI is InChI=1S/C8H19NO3S/c1-3-4-5-6-9-13(11,12)8(2)7-10/h8-10H,3-7H2,1-2H3. The number of aliphatic hydroxyl groups is 1. The van der Waals surface area contributed by atoms with Gasteiger partial charge in [-0.25, -0.2) is 13.1 Å². The highest BCUT2D eigenvalue weighted by Crippen LogP contribution is 1.98. The summed E-state index contributed by atoms with van der Waals surface area (Å²) < 4.78 is 25.0. The first-order valence-electron chi connectivity index (χ1n) is 4.64. The predicted molar refractivity (Wildman–Crippen MR) is 53.0 cm³/mol. The van der Waals surface area contributed by atoms with Crippen LogP contribution in [0.1, 0.15) is 33.1 Å². The van der Waals surface area contributed by atoms with Crippen LogP contribution in [-0.4, -0.2) is 31.9 Å². The summed E-state index contributed by atoms with van der Waals surface area (Å²) in [6.07, 6.45) is 2.95. The normalized spacial score (nSPS) is 14.4. The Bertz CT molecular complexity index is 213. The fourth-order valence-corrected chi connectivity index (χ4v) is 1.74. The second-order valence-electron chi connectivity index (χ2n) is 3.14. The Labute approximate surface area is 80.4 Å². The Kier molecular flexibility index (Phi) is 6.28. The highest BCUT2D eigenvalue weighted by molar-refractivity contribution is 7.90. The van der Waals surface area contributed by atoms with Crippen molar-refractivity contribution in [3.05, 3.63) is 0 Å². The average molecular weight is 209 g/mol. The highest BCUT2D eigenvalue weighted by Gasteiger charge is 2.18. The van der Waals surface area contributed by atoms with E-state index in [1.807, 2.05) is 0 Å². The molecule has 1 unspecified atom stereocenters. The van der Waals surface area contributed by atoms with Gasteiger partial charge in [-0.05, 0) is 13.3 Å². The van der Waals surface area contributed by atoms with E-state index in [-0.39, 0.29) is 6.61 Å². The highest BCUT2D eigenvalue weighted by atomic mass is 32.2. The van der Waals surface area contributed by atoms with Crippen molar-refractivity contribution < 1.29 is 13.5 Å². The molecule has 0 aromatic rings. The molecule has 0 amide bonds. The molecule has 5 heteroatoms. The molecule has 80 valence electrons. The molecule has 0 spiro atoms. The van der Waals surface area contributed by atoms with E-state index >= 15 is 0 Å². The molecule has 0 aromatic heterocycles. The Morgan fingerprint density at radius 3 is 2.46 bits per heavy atom. The van der Waals surface area contributed by atoms with Crippen LogP contribution in [0.4, 0.5) is 0 Å². The SMILES string of the molecule is CCCCCNS(=O)(=O)C(C)CO. The van der Waals surface area contributed by atoms with Gasteiger partial charge in [-0.15, -0.1) is 0 Å². The van der Waals surface area contributed by atoms with Gasteiger partial charge >= 0.3 is 0 Å². The number of nitrogens with one attached hydrogen (secondary N) is 1. The molecule has 0 aromatic carbocycles. The number of hydrogen-bond donors (Lipinski definition) is 2. The number of hydrogen-bond acceptors (Lipinski definition) is 3. The largest absolute Gasteiger partial charge is 0.395 e. The predicted octanol–water partition coefficient (Wildman–Crippen LogP) is 0.477. The summed E-state index contributed by atoms with van der Waals surface area (Å²) in [7, 11) is -3.29. The van der Waals surface area contributed by atoms with Gasteiger partial charge in [0.2, 0.25) is 10.0 Å². The molecule has 0 fully saturated rings. The van der Waals surface area contributed by atoms with Crippen LogP contribution in [0.25, 0.3) is 0 Å². The summed E-state index contributed by atoms with van der Waals surface area (Å²) in [6, 6.07) is 0. The van der Waals surface area contributed by atoms with Crippen LogP contribution < -0.4 is 4.72 Å². The van der Waals surface area contributed by atoms with Crippen molar-refractivity contribution in [3.8, 4) is 0 Å². The molecule has 0 saturated carbocycles. The molecule has 0 saturated heterocycles. The van der Waals surface area contributed by atoms with Crippen LogP contribution in [0.15, 0.2) is 0 Å². The molecule has 0 heterocycles. The maximum absolute atomic E-state index is 11.3. The molecule has 0 aliphatic heterocycles. The van der Waals surface area contributed by atoms with E-state index in [9.17, 15) is 8.42 Å². The van der Waals surface area contributed by atoms with Gasteiger partial charge in [0, 0.05) is 6.54 Å². The van der Waals surface area contributed by atoms with E-state index < -0.39 is 15.3 Å². The molecule has 1 atom stereocenters. The van der Waals surface area contributed by atoms with Crippen molar-refractivity contribution >= 4 is 10.0 Å². The van der Waals surface area contributed by atoms with Crippen molar-refractivity contribution in [3.63, 3.8) is 0 Å². The smallest absolute Gasteiger partial charge is 0.216 e. The average Bonchev–Trinajstić information content (AvgIpc) is 2.11. The summed E-state index contributed by atoms with van der Waals surface area (Å²) in [5.41, 5.74) is 0. The molecule has 2 N–H and O–H groups in total. The molecule has 0 bridgehead atoms. The number of unbranched alkanes of at least 4 members (excludes halogenated alkanes) is 2. The third-order valence-corrected chi connectivity index (χ3v) is 3.69. The van der Waals surface area contributed by atoms with Crippen LogP contribution in [-0.2, 0) is 10.0 Å². The minimum atomic E-state index is -3.29. The van der Waals surface area contributed by atoms with E-state index in [2.05, 4.69) is 11.6 Å². The van der Waals surface area contributed by atoms with Gasteiger partial charge in [0.15, 0.2) is 0 Å². The monoisotopic (exact) mass is 209 g/mol. The van der Waals surface area contributed by atoms with Crippen LogP contribution >= 0.6 is 0 Å². The van der Waals surface area contributed by atoms with Crippen LogP contribution in [0, 0.1) is 0 Å². The molecule has 4 nitrogen and oxygen atoms in total. The Hall–Kier alpha value is -0.130. The number of sulfonamides is 1. The minimum absolute atomic E-state index is 0.330. The van der Waals surface area contributed by atoms with Gasteiger partial charge in [-0.2, -0.15) is 0 Å².